The van der Waals surface area contributed by atoms with Crippen molar-refractivity contribution >= 4 is 17.7 Å². The Hall–Kier alpha value is -2.28. The maximum Gasteiger partial charge on any atom is 0.262 e. The van der Waals surface area contributed by atoms with Crippen molar-refractivity contribution in [2.75, 3.05) is 19.0 Å². The van der Waals surface area contributed by atoms with Crippen LogP contribution < -0.4 is 10.2 Å². The Kier molecular flexibility index (Phi) is 4.99. The van der Waals surface area contributed by atoms with Gasteiger partial charge in [0, 0.05) is 25.8 Å². The van der Waals surface area contributed by atoms with E-state index < -0.39 is 0 Å². The number of amides is 1. The summed E-state index contributed by atoms with van der Waals surface area (Å²) in [6.45, 7) is 0. The number of carbonyl (C=O) groups excluding carboxylic acids is 1. The smallest absolute Gasteiger partial charge is 0.262 e. The first-order chi connectivity index (χ1) is 10.1. The lowest BCUT2D eigenvalue weighted by Crippen LogP contribution is -2.33. The lowest BCUT2D eigenvalue weighted by molar-refractivity contribution is -0.117. The molecule has 0 spiro atoms. The first-order valence-corrected chi connectivity index (χ1v) is 7.30. The van der Waals surface area contributed by atoms with E-state index in [4.69, 9.17) is 0 Å². The molecule has 4 nitrogen and oxygen atoms in total. The molecule has 1 aromatic carbocycles. The Morgan fingerprint density at radius 2 is 1.90 bits per heavy atom. The summed E-state index contributed by atoms with van der Waals surface area (Å²) in [5.41, 5.74) is 2.11. The number of carbonyl (C=O) groups is 1. The normalized spacial score (nSPS) is 15.6. The van der Waals surface area contributed by atoms with E-state index in [1.807, 2.05) is 49.3 Å². The Labute approximate surface area is 126 Å². The summed E-state index contributed by atoms with van der Waals surface area (Å²) in [5, 5.41) is 12.1. The number of anilines is 1. The molecule has 1 aliphatic carbocycles. The molecule has 2 rings (SSSR count). The van der Waals surface area contributed by atoms with Crippen molar-refractivity contribution in [3.8, 4) is 6.07 Å². The van der Waals surface area contributed by atoms with Gasteiger partial charge >= 0.3 is 0 Å². The van der Waals surface area contributed by atoms with E-state index >= 15 is 0 Å². The molecule has 0 heterocycles. The fraction of sp³-hybridized carbons (Fsp3) is 0.412. The van der Waals surface area contributed by atoms with Crippen LogP contribution in [0.25, 0.3) is 6.08 Å². The molecule has 21 heavy (non-hydrogen) atoms. The molecule has 0 unspecified atom stereocenters. The molecular formula is C17H21N3O. The second-order valence-electron chi connectivity index (χ2n) is 5.61. The van der Waals surface area contributed by atoms with Crippen LogP contribution in [0.5, 0.6) is 0 Å². The lowest BCUT2D eigenvalue weighted by atomic mass is 10.1. The summed E-state index contributed by atoms with van der Waals surface area (Å²) in [7, 11) is 3.95. The van der Waals surface area contributed by atoms with E-state index in [1.165, 1.54) is 0 Å². The number of benzene rings is 1. The summed E-state index contributed by atoms with van der Waals surface area (Å²) in [6.07, 6.45) is 5.98. The van der Waals surface area contributed by atoms with E-state index in [9.17, 15) is 10.1 Å². The molecule has 1 aromatic rings. The Balaban J connectivity index is 2.08. The lowest BCUT2D eigenvalue weighted by Gasteiger charge is -2.12. The van der Waals surface area contributed by atoms with Crippen molar-refractivity contribution < 1.29 is 4.79 Å². The van der Waals surface area contributed by atoms with Crippen LogP contribution in [-0.4, -0.2) is 26.0 Å². The molecule has 1 fully saturated rings. The molecule has 0 atom stereocenters. The average molecular weight is 283 g/mol. The van der Waals surface area contributed by atoms with Crippen LogP contribution >= 0.6 is 0 Å². The number of rotatable bonds is 4. The molecule has 1 aliphatic rings. The quantitative estimate of drug-likeness (QED) is 0.683. The zero-order valence-corrected chi connectivity index (χ0v) is 12.6. The van der Waals surface area contributed by atoms with Crippen LogP contribution in [0.3, 0.4) is 0 Å². The summed E-state index contributed by atoms with van der Waals surface area (Å²) < 4.78 is 0. The van der Waals surface area contributed by atoms with Crippen molar-refractivity contribution in [3.05, 3.63) is 35.4 Å². The third-order valence-electron chi connectivity index (χ3n) is 3.78. The van der Waals surface area contributed by atoms with Gasteiger partial charge in [-0.3, -0.25) is 4.79 Å². The van der Waals surface area contributed by atoms with Gasteiger partial charge in [0.05, 0.1) is 0 Å². The Morgan fingerprint density at radius 3 is 2.43 bits per heavy atom. The molecule has 0 bridgehead atoms. The zero-order valence-electron chi connectivity index (χ0n) is 12.6. The van der Waals surface area contributed by atoms with Crippen molar-refractivity contribution in [2.45, 2.75) is 31.7 Å². The van der Waals surface area contributed by atoms with E-state index in [0.717, 1.165) is 36.9 Å². The van der Waals surface area contributed by atoms with Crippen molar-refractivity contribution in [1.29, 1.82) is 5.26 Å². The van der Waals surface area contributed by atoms with Gasteiger partial charge in [-0.2, -0.15) is 5.26 Å². The van der Waals surface area contributed by atoms with Gasteiger partial charge in [-0.1, -0.05) is 25.0 Å². The van der Waals surface area contributed by atoms with Crippen LogP contribution in [-0.2, 0) is 4.79 Å². The number of hydrogen-bond acceptors (Lipinski definition) is 3. The van der Waals surface area contributed by atoms with E-state index in [2.05, 4.69) is 5.32 Å². The number of nitriles is 1. The van der Waals surface area contributed by atoms with Gasteiger partial charge in [0.15, 0.2) is 0 Å². The molecule has 4 heteroatoms. The first kappa shape index (κ1) is 15.1. The summed E-state index contributed by atoms with van der Waals surface area (Å²) in [6, 6.07) is 9.99. The van der Waals surface area contributed by atoms with Gasteiger partial charge < -0.3 is 10.2 Å². The standard InChI is InChI=1S/C17H21N3O/c1-20(2)16-9-7-13(8-10-16)11-14(12-18)17(21)19-15-5-3-4-6-15/h7-11,15H,3-6H2,1-2H3,(H,19,21)/b14-11-. The molecular weight excluding hydrogens is 262 g/mol. The van der Waals surface area contributed by atoms with Gasteiger partial charge in [-0.15, -0.1) is 0 Å². The minimum Gasteiger partial charge on any atom is -0.378 e. The summed E-state index contributed by atoms with van der Waals surface area (Å²) >= 11 is 0. The Bertz CT molecular complexity index is 561. The fourth-order valence-corrected chi connectivity index (χ4v) is 2.52. The van der Waals surface area contributed by atoms with E-state index in [-0.39, 0.29) is 17.5 Å². The molecule has 0 aliphatic heterocycles. The highest BCUT2D eigenvalue weighted by atomic mass is 16.1. The second kappa shape index (κ2) is 6.94. The molecule has 0 aromatic heterocycles. The fourth-order valence-electron chi connectivity index (χ4n) is 2.52. The average Bonchev–Trinajstić information content (AvgIpc) is 2.98. The third-order valence-corrected chi connectivity index (χ3v) is 3.78. The SMILES string of the molecule is CN(C)c1ccc(/C=C(/C#N)C(=O)NC2CCCC2)cc1. The monoisotopic (exact) mass is 283 g/mol. The molecule has 110 valence electrons. The highest BCUT2D eigenvalue weighted by Crippen LogP contribution is 2.19. The topological polar surface area (TPSA) is 56.1 Å². The highest BCUT2D eigenvalue weighted by molar-refractivity contribution is 6.01. The van der Waals surface area contributed by atoms with Crippen LogP contribution in [0.4, 0.5) is 5.69 Å². The van der Waals surface area contributed by atoms with Gasteiger partial charge in [0.25, 0.3) is 5.91 Å². The number of nitrogens with one attached hydrogen (secondary N) is 1. The summed E-state index contributed by atoms with van der Waals surface area (Å²) in [5.74, 6) is -0.263. The highest BCUT2D eigenvalue weighted by Gasteiger charge is 2.19. The third kappa shape index (κ3) is 4.09. The largest absolute Gasteiger partial charge is 0.378 e. The van der Waals surface area contributed by atoms with Gasteiger partial charge in [0.2, 0.25) is 0 Å². The van der Waals surface area contributed by atoms with Crippen molar-refractivity contribution in [3.63, 3.8) is 0 Å². The first-order valence-electron chi connectivity index (χ1n) is 7.30. The van der Waals surface area contributed by atoms with Crippen molar-refractivity contribution in [1.82, 2.24) is 5.32 Å². The molecule has 0 saturated heterocycles. The minimum absolute atomic E-state index is 0.166. The molecule has 0 radical (unpaired) electrons. The maximum atomic E-state index is 12.1. The number of nitrogens with zero attached hydrogens (tertiary/aromatic N) is 2. The van der Waals surface area contributed by atoms with E-state index in [1.54, 1.807) is 6.08 Å². The van der Waals surface area contributed by atoms with Crippen LogP contribution in [0, 0.1) is 11.3 Å². The predicted octanol–water partition coefficient (Wildman–Crippen LogP) is 2.72. The predicted molar refractivity (Wildman–Crippen MR) is 84.8 cm³/mol. The van der Waals surface area contributed by atoms with Gasteiger partial charge in [-0.05, 0) is 36.6 Å². The maximum absolute atomic E-state index is 12.1. The Morgan fingerprint density at radius 1 is 1.29 bits per heavy atom. The van der Waals surface area contributed by atoms with Crippen molar-refractivity contribution in [2.24, 2.45) is 0 Å². The second-order valence-corrected chi connectivity index (χ2v) is 5.61. The van der Waals surface area contributed by atoms with Gasteiger partial charge in [0.1, 0.15) is 11.6 Å². The minimum atomic E-state index is -0.263. The summed E-state index contributed by atoms with van der Waals surface area (Å²) in [4.78, 5) is 14.1. The van der Waals surface area contributed by atoms with Gasteiger partial charge in [-0.25, -0.2) is 0 Å². The molecule has 1 saturated carbocycles. The number of hydrogen-bond donors (Lipinski definition) is 1. The van der Waals surface area contributed by atoms with Crippen LogP contribution in [0.1, 0.15) is 31.2 Å². The van der Waals surface area contributed by atoms with E-state index in [0.29, 0.717) is 0 Å². The zero-order chi connectivity index (χ0) is 15.2. The molecule has 1 amide bonds. The molecule has 1 N–H and O–H groups in total. The van der Waals surface area contributed by atoms with Crippen LogP contribution in [0.15, 0.2) is 29.8 Å². The van der Waals surface area contributed by atoms with Crippen LogP contribution in [0.2, 0.25) is 0 Å².